The number of imidazole rings is 1. The van der Waals surface area contributed by atoms with Gasteiger partial charge in [-0.05, 0) is 68.6 Å². The maximum atomic E-state index is 14.7. The maximum absolute atomic E-state index is 14.7. The summed E-state index contributed by atoms with van der Waals surface area (Å²) in [6.45, 7) is 5.70. The zero-order valence-electron chi connectivity index (χ0n) is 23.4. The molecule has 2 aromatic heterocycles. The molecule has 0 unspecified atom stereocenters. The molecular formula is C32H32ClFN4O4. The third kappa shape index (κ3) is 5.25. The topological polar surface area (TPSA) is 78.7 Å². The number of fused-ring (bicyclic) bond motifs is 2. The molecule has 2 fully saturated rings. The molecule has 4 aromatic rings. The molecule has 0 N–H and O–H groups in total. The Morgan fingerprint density at radius 2 is 1.90 bits per heavy atom. The zero-order valence-corrected chi connectivity index (χ0v) is 24.1. The minimum atomic E-state index is -0.541. The van der Waals surface area contributed by atoms with Gasteiger partial charge in [0.1, 0.15) is 29.5 Å². The number of hydrogen-bond acceptors (Lipinski definition) is 7. The van der Waals surface area contributed by atoms with Gasteiger partial charge in [0.15, 0.2) is 29.0 Å². The van der Waals surface area contributed by atoms with Crippen molar-refractivity contribution < 1.29 is 23.4 Å². The molecule has 7 rings (SSSR count). The number of para-hydroxylation sites is 1. The Morgan fingerprint density at radius 3 is 2.64 bits per heavy atom. The van der Waals surface area contributed by atoms with Crippen molar-refractivity contribution in [2.75, 3.05) is 26.3 Å². The number of likely N-dealkylation sites (tertiary alicyclic amines) is 1. The van der Waals surface area contributed by atoms with E-state index in [2.05, 4.69) is 20.5 Å². The molecule has 0 amide bonds. The van der Waals surface area contributed by atoms with Crippen LogP contribution < -0.4 is 9.47 Å². The van der Waals surface area contributed by atoms with Gasteiger partial charge in [0.25, 0.3) is 0 Å². The maximum Gasteiger partial charge on any atom is 0.178 e. The largest absolute Gasteiger partial charge is 0.485 e. The Bertz CT molecular complexity index is 1650. The second-order valence-corrected chi connectivity index (χ2v) is 11.8. The highest BCUT2D eigenvalue weighted by Gasteiger charge is 2.31. The molecule has 0 bridgehead atoms. The fourth-order valence-corrected chi connectivity index (χ4v) is 6.30. The number of ether oxygens (including phenoxy) is 3. The molecule has 42 heavy (non-hydrogen) atoms. The van der Waals surface area contributed by atoms with Crippen molar-refractivity contribution in [1.82, 2.24) is 19.4 Å². The summed E-state index contributed by atoms with van der Waals surface area (Å²) in [5.74, 6) is 2.17. The average Bonchev–Trinajstić information content (AvgIpc) is 3.30. The first-order chi connectivity index (χ1) is 20.4. The number of pyridine rings is 1. The van der Waals surface area contributed by atoms with Gasteiger partial charge in [0.05, 0.1) is 19.2 Å². The van der Waals surface area contributed by atoms with Crippen molar-refractivity contribution in [3.63, 3.8) is 0 Å². The first kappa shape index (κ1) is 27.3. The van der Waals surface area contributed by atoms with Crippen LogP contribution in [0.5, 0.6) is 11.5 Å². The van der Waals surface area contributed by atoms with Crippen LogP contribution >= 0.6 is 11.6 Å². The highest BCUT2D eigenvalue weighted by molar-refractivity contribution is 6.30. The van der Waals surface area contributed by atoms with Crippen molar-refractivity contribution in [1.29, 1.82) is 0 Å². The Labute approximate surface area is 248 Å². The zero-order chi connectivity index (χ0) is 28.8. The predicted molar refractivity (Wildman–Crippen MR) is 156 cm³/mol. The van der Waals surface area contributed by atoms with Crippen LogP contribution in [0.1, 0.15) is 65.6 Å². The van der Waals surface area contributed by atoms with Gasteiger partial charge in [-0.2, -0.15) is 0 Å². The van der Waals surface area contributed by atoms with E-state index in [-0.39, 0.29) is 24.4 Å². The molecule has 0 radical (unpaired) electrons. The van der Waals surface area contributed by atoms with Crippen LogP contribution in [0.2, 0.25) is 5.02 Å². The monoisotopic (exact) mass is 590 g/mol. The van der Waals surface area contributed by atoms with E-state index < -0.39 is 11.9 Å². The molecule has 3 aliphatic heterocycles. The summed E-state index contributed by atoms with van der Waals surface area (Å²) < 4.78 is 35.0. The lowest BCUT2D eigenvalue weighted by Crippen LogP contribution is -2.35. The van der Waals surface area contributed by atoms with Crippen LogP contribution in [0.4, 0.5) is 4.39 Å². The number of carbonyl (C=O) groups is 1. The minimum Gasteiger partial charge on any atom is -0.485 e. The number of ketones is 1. The Hall–Kier alpha value is -3.53. The molecule has 5 heterocycles. The summed E-state index contributed by atoms with van der Waals surface area (Å²) in [5.41, 5.74) is 3.52. The molecule has 0 saturated carbocycles. The quantitative estimate of drug-likeness (QED) is 0.240. The van der Waals surface area contributed by atoms with E-state index in [1.165, 1.54) is 13.0 Å². The summed E-state index contributed by atoms with van der Waals surface area (Å²) in [5, 5.41) is 0.352. The summed E-state index contributed by atoms with van der Waals surface area (Å²) in [6.07, 6.45) is 2.50. The van der Waals surface area contributed by atoms with E-state index >= 15 is 0 Å². The van der Waals surface area contributed by atoms with Gasteiger partial charge in [-0.1, -0.05) is 29.8 Å². The summed E-state index contributed by atoms with van der Waals surface area (Å²) in [4.78, 5) is 24.0. The minimum absolute atomic E-state index is 0.0599. The van der Waals surface area contributed by atoms with Crippen molar-refractivity contribution in [3.8, 4) is 11.5 Å². The standard InChI is InChI=1S/C32H32ClFN4O4/c1-19(39)26-7-8-27-32(36-26)38(16-22-11-14-40-22)30(35-27)17-37-12-9-20(10-13-37)23-3-2-4-28-31(23)42-29(18-41-28)24-6-5-21(33)15-25(24)34/h2-8,15,20,22,29H,9-14,16-18H2,1H3/t22-,29+/m0/s1. The van der Waals surface area contributed by atoms with Gasteiger partial charge in [0, 0.05) is 29.7 Å². The van der Waals surface area contributed by atoms with Crippen LogP contribution in [0.3, 0.4) is 0 Å². The van der Waals surface area contributed by atoms with Gasteiger partial charge in [-0.25, -0.2) is 14.4 Å². The third-order valence-corrected chi connectivity index (χ3v) is 8.81. The second-order valence-electron chi connectivity index (χ2n) is 11.3. The SMILES string of the molecule is CC(=O)c1ccc2nc(CN3CCC(c4cccc5c4O[C@@H](c4ccc(Cl)cc4F)CO5)CC3)n(C[C@@H]3CCO3)c2n1. The molecule has 218 valence electrons. The van der Waals surface area contributed by atoms with Crippen molar-refractivity contribution in [2.24, 2.45) is 0 Å². The predicted octanol–water partition coefficient (Wildman–Crippen LogP) is 6.11. The molecule has 2 aromatic carbocycles. The molecule has 8 nitrogen and oxygen atoms in total. The number of nitrogens with zero attached hydrogens (tertiary/aromatic N) is 4. The number of aromatic nitrogens is 3. The first-order valence-electron chi connectivity index (χ1n) is 14.5. The molecule has 3 aliphatic rings. The summed E-state index contributed by atoms with van der Waals surface area (Å²) >= 11 is 5.96. The molecule has 2 atom stereocenters. The lowest BCUT2D eigenvalue weighted by molar-refractivity contribution is -0.0593. The van der Waals surface area contributed by atoms with Crippen molar-refractivity contribution in [2.45, 2.75) is 57.4 Å². The lowest BCUT2D eigenvalue weighted by Gasteiger charge is -2.35. The Morgan fingerprint density at radius 1 is 1.07 bits per heavy atom. The van der Waals surface area contributed by atoms with Crippen molar-refractivity contribution >= 4 is 28.5 Å². The van der Waals surface area contributed by atoms with Gasteiger partial charge < -0.3 is 18.8 Å². The number of piperidine rings is 1. The number of halogens is 2. The normalized spacial score (nSPS) is 20.9. The molecule has 0 spiro atoms. The third-order valence-electron chi connectivity index (χ3n) is 8.57. The average molecular weight is 591 g/mol. The van der Waals surface area contributed by atoms with Crippen LogP contribution in [0, 0.1) is 5.82 Å². The van der Waals surface area contributed by atoms with Crippen molar-refractivity contribution in [3.05, 3.63) is 82.0 Å². The number of carbonyl (C=O) groups excluding carboxylic acids is 1. The highest BCUT2D eigenvalue weighted by Crippen LogP contribution is 2.45. The van der Waals surface area contributed by atoms with E-state index in [4.69, 9.17) is 30.8 Å². The molecule has 2 saturated heterocycles. The molecule has 0 aliphatic carbocycles. The summed E-state index contributed by atoms with van der Waals surface area (Å²) in [7, 11) is 0. The molecule has 10 heteroatoms. The fraction of sp³-hybridized carbons (Fsp3) is 0.406. The molecular weight excluding hydrogens is 559 g/mol. The van der Waals surface area contributed by atoms with Gasteiger partial charge in [0.2, 0.25) is 0 Å². The summed E-state index contributed by atoms with van der Waals surface area (Å²) in [6, 6.07) is 14.3. The second kappa shape index (κ2) is 11.3. The van der Waals surface area contributed by atoms with Crippen LogP contribution in [-0.4, -0.2) is 57.6 Å². The van der Waals surface area contributed by atoms with Crippen LogP contribution in [-0.2, 0) is 17.8 Å². The Balaban J connectivity index is 1.07. The van der Waals surface area contributed by atoms with Crippen LogP contribution in [0.15, 0.2) is 48.5 Å². The fourth-order valence-electron chi connectivity index (χ4n) is 6.14. The van der Waals surface area contributed by atoms with E-state index in [0.717, 1.165) is 61.5 Å². The number of benzene rings is 2. The smallest absolute Gasteiger partial charge is 0.178 e. The van der Waals surface area contributed by atoms with Gasteiger partial charge in [-0.3, -0.25) is 9.69 Å². The van der Waals surface area contributed by atoms with Gasteiger partial charge in [-0.15, -0.1) is 0 Å². The van der Waals surface area contributed by atoms with E-state index in [0.29, 0.717) is 40.9 Å². The van der Waals surface area contributed by atoms with Crippen LogP contribution in [0.25, 0.3) is 11.2 Å². The van der Waals surface area contributed by atoms with E-state index in [1.54, 1.807) is 18.2 Å². The lowest BCUT2D eigenvalue weighted by atomic mass is 9.88. The highest BCUT2D eigenvalue weighted by atomic mass is 35.5. The van der Waals surface area contributed by atoms with Gasteiger partial charge >= 0.3 is 0 Å². The number of Topliss-reactive ketones (excluding diaryl/α,β-unsaturated/α-hetero) is 1. The Kier molecular flexibility index (Phi) is 7.34. The number of hydrogen-bond donors (Lipinski definition) is 0. The number of rotatable bonds is 7. The van der Waals surface area contributed by atoms with E-state index in [9.17, 15) is 9.18 Å². The van der Waals surface area contributed by atoms with E-state index in [1.807, 2.05) is 18.2 Å². The first-order valence-corrected chi connectivity index (χ1v) is 14.9.